The van der Waals surface area contributed by atoms with Gasteiger partial charge in [-0.05, 0) is 12.1 Å². The van der Waals surface area contributed by atoms with Gasteiger partial charge in [0.25, 0.3) is 0 Å². The lowest BCUT2D eigenvalue weighted by Gasteiger charge is -2.36. The second-order valence-electron chi connectivity index (χ2n) is 8.75. The van der Waals surface area contributed by atoms with Gasteiger partial charge >= 0.3 is 0 Å². The summed E-state index contributed by atoms with van der Waals surface area (Å²) in [5.41, 5.74) is 1.52. The van der Waals surface area contributed by atoms with Gasteiger partial charge in [0.15, 0.2) is 17.1 Å². The van der Waals surface area contributed by atoms with Crippen molar-refractivity contribution >= 4 is 34.4 Å². The molecule has 0 spiro atoms. The molecule has 0 radical (unpaired) electrons. The number of hydrogen-bond acceptors (Lipinski definition) is 8. The molecule has 3 aromatic rings. The minimum atomic E-state index is -0.351. The molecule has 1 aromatic carbocycles. The Labute approximate surface area is 195 Å². The van der Waals surface area contributed by atoms with E-state index in [4.69, 9.17) is 9.47 Å². The quantitative estimate of drug-likeness (QED) is 0.563. The summed E-state index contributed by atoms with van der Waals surface area (Å²) >= 11 is 0. The van der Waals surface area contributed by atoms with Gasteiger partial charge in [0.2, 0.25) is 11.8 Å². The summed E-state index contributed by atoms with van der Waals surface area (Å²) in [6.45, 7) is 3.87. The monoisotopic (exact) mass is 463 g/mol. The highest BCUT2D eigenvalue weighted by molar-refractivity contribution is 6.00. The molecule has 34 heavy (non-hydrogen) atoms. The number of aryl methyl sites for hydroxylation is 1. The molecule has 1 atom stereocenters. The molecule has 3 aliphatic rings. The topological polar surface area (TPSA) is 106 Å². The van der Waals surface area contributed by atoms with Gasteiger partial charge in [-0.2, -0.15) is 5.10 Å². The molecule has 11 nitrogen and oxygen atoms in total. The van der Waals surface area contributed by atoms with Gasteiger partial charge in [-0.1, -0.05) is 0 Å². The fourth-order valence-electron chi connectivity index (χ4n) is 4.92. The third kappa shape index (κ3) is 3.47. The number of ether oxygens (including phenoxy) is 2. The average molecular weight is 463 g/mol. The van der Waals surface area contributed by atoms with E-state index in [1.807, 2.05) is 30.1 Å². The number of piperazine rings is 1. The maximum absolute atomic E-state index is 13.3. The lowest BCUT2D eigenvalue weighted by Crippen LogP contribution is -2.51. The summed E-state index contributed by atoms with van der Waals surface area (Å²) < 4.78 is 12.9. The molecular weight excluding hydrogens is 438 g/mol. The Bertz CT molecular complexity index is 1270. The van der Waals surface area contributed by atoms with Crippen LogP contribution in [-0.4, -0.2) is 82.4 Å². The number of nitrogens with zero attached hydrogens (tertiary/aromatic N) is 7. The van der Waals surface area contributed by atoms with Crippen molar-refractivity contribution < 1.29 is 19.1 Å². The Morgan fingerprint density at radius 1 is 1.06 bits per heavy atom. The summed E-state index contributed by atoms with van der Waals surface area (Å²) in [6.07, 6.45) is 3.54. The van der Waals surface area contributed by atoms with Gasteiger partial charge in [-0.15, -0.1) is 0 Å². The fraction of sp³-hybridized carbons (Fsp3) is 0.435. The van der Waals surface area contributed by atoms with Crippen molar-refractivity contribution in [2.24, 2.45) is 13.0 Å². The zero-order chi connectivity index (χ0) is 23.2. The second-order valence-corrected chi connectivity index (χ2v) is 8.75. The molecule has 0 saturated carbocycles. The molecule has 2 saturated heterocycles. The summed E-state index contributed by atoms with van der Waals surface area (Å²) in [5.74, 6) is 1.78. The molecule has 3 aliphatic heterocycles. The normalized spacial score (nSPS) is 20.3. The van der Waals surface area contributed by atoms with Crippen molar-refractivity contribution in [2.45, 2.75) is 6.42 Å². The molecular formula is C23H25N7O4. The number of aromatic nitrogens is 4. The van der Waals surface area contributed by atoms with E-state index >= 15 is 0 Å². The maximum atomic E-state index is 13.3. The smallest absolute Gasteiger partial charge is 0.228 e. The highest BCUT2D eigenvalue weighted by Gasteiger charge is 2.38. The van der Waals surface area contributed by atoms with Crippen LogP contribution in [0.5, 0.6) is 11.5 Å². The summed E-state index contributed by atoms with van der Waals surface area (Å²) in [5, 5.41) is 5.19. The first kappa shape index (κ1) is 20.7. The van der Waals surface area contributed by atoms with E-state index in [2.05, 4.69) is 20.0 Å². The highest BCUT2D eigenvalue weighted by atomic mass is 16.6. The molecule has 0 aliphatic carbocycles. The van der Waals surface area contributed by atoms with Crippen LogP contribution in [0.2, 0.25) is 0 Å². The van der Waals surface area contributed by atoms with Gasteiger partial charge in [0.05, 0.1) is 17.5 Å². The third-order valence-corrected chi connectivity index (χ3v) is 6.71. The molecule has 1 unspecified atom stereocenters. The second kappa shape index (κ2) is 8.15. The minimum absolute atomic E-state index is 0.0299. The van der Waals surface area contributed by atoms with Gasteiger partial charge in [-0.25, -0.2) is 9.97 Å². The molecule has 176 valence electrons. The lowest BCUT2D eigenvalue weighted by molar-refractivity contribution is -0.136. The summed E-state index contributed by atoms with van der Waals surface area (Å²) in [4.78, 5) is 40.5. The molecule has 2 fully saturated rings. The van der Waals surface area contributed by atoms with E-state index in [1.54, 1.807) is 22.1 Å². The van der Waals surface area contributed by atoms with Crippen molar-refractivity contribution in [2.75, 3.05) is 55.7 Å². The first-order valence-electron chi connectivity index (χ1n) is 11.4. The highest BCUT2D eigenvalue weighted by Crippen LogP contribution is 2.36. The van der Waals surface area contributed by atoms with Crippen LogP contribution in [0.1, 0.15) is 6.42 Å². The number of rotatable bonds is 3. The molecule has 2 amide bonds. The van der Waals surface area contributed by atoms with Crippen LogP contribution in [-0.2, 0) is 16.6 Å². The lowest BCUT2D eigenvalue weighted by atomic mass is 10.1. The standard InChI is InChI=1S/C23H25N7O4/c1-27-21-17(12-26-27)22(25-14-24-21)28-4-6-29(7-5-28)23(32)15-10-20(31)30(13-15)16-2-3-18-19(11-16)34-9-8-33-18/h2-3,11-12,14-15H,4-10,13H2,1H3. The molecule has 0 N–H and O–H groups in total. The van der Waals surface area contributed by atoms with E-state index in [0.717, 1.165) is 22.5 Å². The van der Waals surface area contributed by atoms with Crippen LogP contribution in [0.4, 0.5) is 11.5 Å². The Balaban J connectivity index is 1.11. The van der Waals surface area contributed by atoms with Crippen molar-refractivity contribution in [1.82, 2.24) is 24.6 Å². The van der Waals surface area contributed by atoms with Gasteiger partial charge in [0.1, 0.15) is 25.4 Å². The zero-order valence-corrected chi connectivity index (χ0v) is 18.9. The van der Waals surface area contributed by atoms with E-state index in [-0.39, 0.29) is 24.2 Å². The Morgan fingerprint density at radius 2 is 1.85 bits per heavy atom. The van der Waals surface area contributed by atoms with Crippen LogP contribution in [0.3, 0.4) is 0 Å². The van der Waals surface area contributed by atoms with E-state index in [9.17, 15) is 9.59 Å². The average Bonchev–Trinajstić information content (AvgIpc) is 3.46. The van der Waals surface area contributed by atoms with E-state index in [0.29, 0.717) is 57.4 Å². The van der Waals surface area contributed by atoms with Crippen LogP contribution in [0.15, 0.2) is 30.7 Å². The number of carbonyl (C=O) groups excluding carboxylic acids is 2. The van der Waals surface area contributed by atoms with Crippen LogP contribution in [0, 0.1) is 5.92 Å². The van der Waals surface area contributed by atoms with Crippen LogP contribution >= 0.6 is 0 Å². The summed E-state index contributed by atoms with van der Waals surface area (Å²) in [7, 11) is 1.85. The fourth-order valence-corrected chi connectivity index (χ4v) is 4.92. The van der Waals surface area contributed by atoms with Crippen LogP contribution < -0.4 is 19.3 Å². The number of amides is 2. The number of anilines is 2. The van der Waals surface area contributed by atoms with Crippen molar-refractivity contribution in [3.63, 3.8) is 0 Å². The number of carbonyl (C=O) groups is 2. The van der Waals surface area contributed by atoms with Crippen molar-refractivity contribution in [3.8, 4) is 11.5 Å². The zero-order valence-electron chi connectivity index (χ0n) is 18.9. The first-order chi connectivity index (χ1) is 16.6. The number of fused-ring (bicyclic) bond motifs is 2. The summed E-state index contributed by atoms with van der Waals surface area (Å²) in [6, 6.07) is 5.48. The minimum Gasteiger partial charge on any atom is -0.486 e. The van der Waals surface area contributed by atoms with Crippen molar-refractivity contribution in [3.05, 3.63) is 30.7 Å². The number of benzene rings is 1. The molecule has 11 heteroatoms. The van der Waals surface area contributed by atoms with Gasteiger partial charge in [-0.3, -0.25) is 14.3 Å². The predicted molar refractivity (Wildman–Crippen MR) is 123 cm³/mol. The molecule has 6 rings (SSSR count). The predicted octanol–water partition coefficient (Wildman–Crippen LogP) is 0.836. The molecule has 2 aromatic heterocycles. The first-order valence-corrected chi connectivity index (χ1v) is 11.4. The Kier molecular flexibility index (Phi) is 4.96. The molecule has 5 heterocycles. The van der Waals surface area contributed by atoms with E-state index < -0.39 is 0 Å². The maximum Gasteiger partial charge on any atom is 0.228 e. The molecule has 0 bridgehead atoms. The number of hydrogen-bond donors (Lipinski definition) is 0. The third-order valence-electron chi connectivity index (χ3n) is 6.71. The van der Waals surface area contributed by atoms with Gasteiger partial charge in [0, 0.05) is 57.9 Å². The largest absolute Gasteiger partial charge is 0.486 e. The Hall–Kier alpha value is -3.89. The van der Waals surface area contributed by atoms with Crippen molar-refractivity contribution in [1.29, 1.82) is 0 Å². The SMILES string of the molecule is Cn1ncc2c(N3CCN(C(=O)C4CC(=O)N(c5ccc6c(c5)OCCO6)C4)CC3)ncnc21. The van der Waals surface area contributed by atoms with E-state index in [1.165, 1.54) is 0 Å². The Morgan fingerprint density at radius 3 is 2.68 bits per heavy atom. The van der Waals surface area contributed by atoms with Gasteiger partial charge < -0.3 is 24.2 Å². The van der Waals surface area contributed by atoms with Crippen LogP contribution in [0.25, 0.3) is 11.0 Å².